The summed E-state index contributed by atoms with van der Waals surface area (Å²) in [6, 6.07) is 0. The van der Waals surface area contributed by atoms with Crippen molar-refractivity contribution in [2.75, 3.05) is 13.2 Å². The van der Waals surface area contributed by atoms with Crippen LogP contribution >= 0.6 is 0 Å². The number of ether oxygens (including phenoxy) is 2. The Bertz CT molecular complexity index is 343. The molecule has 1 aromatic rings. The molecule has 0 amide bonds. The maximum Gasteiger partial charge on any atom is 0.157 e. The molecule has 1 aliphatic heterocycles. The third-order valence-corrected chi connectivity index (χ3v) is 3.14. The predicted molar refractivity (Wildman–Crippen MR) is 65.9 cm³/mol. The van der Waals surface area contributed by atoms with Gasteiger partial charge in [-0.3, -0.25) is 4.68 Å². The molecule has 1 aromatic heterocycles. The van der Waals surface area contributed by atoms with E-state index in [0.717, 1.165) is 32.4 Å². The van der Waals surface area contributed by atoms with Gasteiger partial charge in [0.2, 0.25) is 0 Å². The van der Waals surface area contributed by atoms with E-state index in [1.807, 2.05) is 4.68 Å². The number of hydrogen-bond donors (Lipinski definition) is 0. The van der Waals surface area contributed by atoms with E-state index in [0.29, 0.717) is 6.61 Å². The average Bonchev–Trinajstić information content (AvgIpc) is 2.71. The minimum Gasteiger partial charge on any atom is -0.353 e. The second kappa shape index (κ2) is 6.17. The quantitative estimate of drug-likeness (QED) is 0.789. The molecule has 1 atom stereocenters. The molecular weight excluding hydrogens is 216 g/mol. The lowest BCUT2D eigenvalue weighted by Crippen LogP contribution is -2.24. The summed E-state index contributed by atoms with van der Waals surface area (Å²) in [4.78, 5) is 0. The fraction of sp³-hybridized carbons (Fsp3) is 0.769. The van der Waals surface area contributed by atoms with Crippen LogP contribution in [0.2, 0.25) is 0 Å². The summed E-state index contributed by atoms with van der Waals surface area (Å²) in [5.74, 6) is 0. The minimum atomic E-state index is 0.00561. The van der Waals surface area contributed by atoms with Crippen LogP contribution in [0.3, 0.4) is 0 Å². The van der Waals surface area contributed by atoms with Gasteiger partial charge in [-0.1, -0.05) is 6.92 Å². The first kappa shape index (κ1) is 12.6. The van der Waals surface area contributed by atoms with Gasteiger partial charge < -0.3 is 9.47 Å². The van der Waals surface area contributed by atoms with Crippen molar-refractivity contribution in [1.82, 2.24) is 9.78 Å². The number of hydrogen-bond acceptors (Lipinski definition) is 3. The van der Waals surface area contributed by atoms with Crippen molar-refractivity contribution in [3.05, 3.63) is 17.5 Å². The summed E-state index contributed by atoms with van der Waals surface area (Å²) in [6.45, 7) is 6.56. The Balaban J connectivity index is 1.73. The molecule has 0 aromatic carbocycles. The van der Waals surface area contributed by atoms with Crippen LogP contribution in [0.4, 0.5) is 0 Å². The first-order valence-corrected chi connectivity index (χ1v) is 6.55. The summed E-state index contributed by atoms with van der Waals surface area (Å²) in [7, 11) is 0. The first-order chi connectivity index (χ1) is 8.29. The normalized spacial score (nSPS) is 20.7. The van der Waals surface area contributed by atoms with Crippen LogP contribution in [0, 0.1) is 6.92 Å². The molecule has 1 aliphatic rings. The number of aryl methyl sites for hydroxylation is 2. The SMILES string of the molecule is CCc1nn(CCOC2CCCCO2)cc1C. The smallest absolute Gasteiger partial charge is 0.157 e. The molecule has 1 fully saturated rings. The van der Waals surface area contributed by atoms with E-state index < -0.39 is 0 Å². The van der Waals surface area contributed by atoms with Crippen LogP contribution in [-0.2, 0) is 22.4 Å². The fourth-order valence-electron chi connectivity index (χ4n) is 2.15. The predicted octanol–water partition coefficient (Wildman–Crippen LogP) is 2.30. The van der Waals surface area contributed by atoms with Crippen molar-refractivity contribution in [3.8, 4) is 0 Å². The van der Waals surface area contributed by atoms with Crippen molar-refractivity contribution in [2.24, 2.45) is 0 Å². The van der Waals surface area contributed by atoms with E-state index in [1.165, 1.54) is 17.7 Å². The van der Waals surface area contributed by atoms with Gasteiger partial charge in [-0.05, 0) is 38.2 Å². The summed E-state index contributed by atoms with van der Waals surface area (Å²) in [5.41, 5.74) is 2.44. The zero-order valence-electron chi connectivity index (χ0n) is 10.8. The van der Waals surface area contributed by atoms with Gasteiger partial charge in [0, 0.05) is 12.8 Å². The lowest BCUT2D eigenvalue weighted by molar-refractivity contribution is -0.163. The summed E-state index contributed by atoms with van der Waals surface area (Å²) in [6.07, 6.45) is 6.49. The summed E-state index contributed by atoms with van der Waals surface area (Å²) < 4.78 is 13.2. The van der Waals surface area contributed by atoms with Crippen LogP contribution in [0.25, 0.3) is 0 Å². The molecule has 96 valence electrons. The molecular formula is C13H22N2O2. The second-order valence-corrected chi connectivity index (χ2v) is 4.54. The highest BCUT2D eigenvalue weighted by molar-refractivity contribution is 5.14. The maximum atomic E-state index is 5.69. The monoisotopic (exact) mass is 238 g/mol. The van der Waals surface area contributed by atoms with Gasteiger partial charge in [0.05, 0.1) is 18.8 Å². The highest BCUT2D eigenvalue weighted by atomic mass is 16.7. The minimum absolute atomic E-state index is 0.00561. The standard InChI is InChI=1S/C13H22N2O2/c1-3-12-11(2)10-15(14-12)7-9-17-13-6-4-5-8-16-13/h10,13H,3-9H2,1-2H3. The Morgan fingerprint density at radius 3 is 3.06 bits per heavy atom. The molecule has 2 rings (SSSR count). The van der Waals surface area contributed by atoms with Gasteiger partial charge in [-0.25, -0.2) is 0 Å². The molecule has 17 heavy (non-hydrogen) atoms. The van der Waals surface area contributed by atoms with E-state index in [9.17, 15) is 0 Å². The van der Waals surface area contributed by atoms with Gasteiger partial charge in [-0.15, -0.1) is 0 Å². The third-order valence-electron chi connectivity index (χ3n) is 3.14. The highest BCUT2D eigenvalue weighted by Crippen LogP contribution is 2.13. The Labute approximate surface area is 103 Å². The van der Waals surface area contributed by atoms with Crippen molar-refractivity contribution >= 4 is 0 Å². The molecule has 1 unspecified atom stereocenters. The van der Waals surface area contributed by atoms with E-state index in [-0.39, 0.29) is 6.29 Å². The van der Waals surface area contributed by atoms with Gasteiger partial charge in [0.25, 0.3) is 0 Å². The third kappa shape index (κ3) is 3.54. The molecule has 0 bridgehead atoms. The fourth-order valence-corrected chi connectivity index (χ4v) is 2.15. The van der Waals surface area contributed by atoms with E-state index >= 15 is 0 Å². The maximum absolute atomic E-state index is 5.69. The van der Waals surface area contributed by atoms with Crippen molar-refractivity contribution in [3.63, 3.8) is 0 Å². The molecule has 0 spiro atoms. The van der Waals surface area contributed by atoms with Crippen LogP contribution in [0.1, 0.15) is 37.4 Å². The van der Waals surface area contributed by atoms with E-state index in [1.54, 1.807) is 0 Å². The van der Waals surface area contributed by atoms with Gasteiger partial charge >= 0.3 is 0 Å². The molecule has 0 aliphatic carbocycles. The van der Waals surface area contributed by atoms with Crippen molar-refractivity contribution in [1.29, 1.82) is 0 Å². The largest absolute Gasteiger partial charge is 0.353 e. The van der Waals surface area contributed by atoms with Crippen LogP contribution in [-0.4, -0.2) is 29.3 Å². The van der Waals surface area contributed by atoms with Crippen LogP contribution in [0.5, 0.6) is 0 Å². The molecule has 1 saturated heterocycles. The topological polar surface area (TPSA) is 36.3 Å². The average molecular weight is 238 g/mol. The summed E-state index contributed by atoms with van der Waals surface area (Å²) in [5, 5.41) is 4.51. The number of aromatic nitrogens is 2. The molecule has 0 N–H and O–H groups in total. The molecule has 0 saturated carbocycles. The first-order valence-electron chi connectivity index (χ1n) is 6.55. The molecule has 4 heteroatoms. The molecule has 0 radical (unpaired) electrons. The Morgan fingerprint density at radius 2 is 2.41 bits per heavy atom. The number of rotatable bonds is 5. The van der Waals surface area contributed by atoms with Gasteiger partial charge in [0.1, 0.15) is 0 Å². The zero-order chi connectivity index (χ0) is 12.1. The highest BCUT2D eigenvalue weighted by Gasteiger charge is 2.13. The Kier molecular flexibility index (Phi) is 4.57. The van der Waals surface area contributed by atoms with Crippen molar-refractivity contribution in [2.45, 2.75) is 52.4 Å². The van der Waals surface area contributed by atoms with E-state index in [2.05, 4.69) is 25.1 Å². The lowest BCUT2D eigenvalue weighted by Gasteiger charge is -2.22. The van der Waals surface area contributed by atoms with Gasteiger partial charge in [0.15, 0.2) is 6.29 Å². The summed E-state index contributed by atoms with van der Waals surface area (Å²) >= 11 is 0. The van der Waals surface area contributed by atoms with Gasteiger partial charge in [-0.2, -0.15) is 5.10 Å². The Hall–Kier alpha value is -0.870. The number of nitrogens with zero attached hydrogens (tertiary/aromatic N) is 2. The second-order valence-electron chi connectivity index (χ2n) is 4.54. The zero-order valence-corrected chi connectivity index (χ0v) is 10.8. The molecule has 4 nitrogen and oxygen atoms in total. The lowest BCUT2D eigenvalue weighted by atomic mass is 10.2. The van der Waals surface area contributed by atoms with E-state index in [4.69, 9.17) is 9.47 Å². The van der Waals surface area contributed by atoms with Crippen LogP contribution < -0.4 is 0 Å². The van der Waals surface area contributed by atoms with Crippen LogP contribution in [0.15, 0.2) is 6.20 Å². The van der Waals surface area contributed by atoms with Crippen molar-refractivity contribution < 1.29 is 9.47 Å². The Morgan fingerprint density at radius 1 is 1.53 bits per heavy atom. The molecule has 2 heterocycles.